The summed E-state index contributed by atoms with van der Waals surface area (Å²) in [6.07, 6.45) is 3.00. The monoisotopic (exact) mass is 285 g/mol. The fourth-order valence-electron chi connectivity index (χ4n) is 2.77. The zero-order valence-electron chi connectivity index (χ0n) is 11.6. The maximum Gasteiger partial charge on any atom is 0.337 e. The highest BCUT2D eigenvalue weighted by atomic mass is 16.4. The van der Waals surface area contributed by atoms with Gasteiger partial charge in [0, 0.05) is 32.4 Å². The van der Waals surface area contributed by atoms with Crippen molar-refractivity contribution in [2.45, 2.75) is 6.92 Å². The lowest BCUT2D eigenvalue weighted by atomic mass is 10.1. The average Bonchev–Trinajstić information content (AvgIpc) is 2.84. The number of carboxylic acids is 1. The van der Waals surface area contributed by atoms with Crippen LogP contribution in [0, 0.1) is 18.3 Å². The second-order valence-electron chi connectivity index (χ2n) is 5.02. The van der Waals surface area contributed by atoms with Crippen LogP contribution >= 0.6 is 0 Å². The molecule has 0 aromatic carbocycles. The Kier molecular flexibility index (Phi) is 3.23. The number of carboxylic acid groups (broad SMARTS) is 1. The first kappa shape index (κ1) is 13.4. The smallest absolute Gasteiger partial charge is 0.337 e. The second kappa shape index (κ2) is 5.07. The van der Waals surface area contributed by atoms with Crippen LogP contribution in [-0.2, 0) is 0 Å². The van der Waals surface area contributed by atoms with Gasteiger partial charge in [-0.05, 0) is 12.5 Å². The molecule has 0 spiro atoms. The third-order valence-corrected chi connectivity index (χ3v) is 3.81. The highest BCUT2D eigenvalue weighted by Crippen LogP contribution is 2.30. The van der Waals surface area contributed by atoms with E-state index in [0.29, 0.717) is 16.6 Å². The number of nitrogens with one attached hydrogen (secondary N) is 1. The molecule has 0 amide bonds. The van der Waals surface area contributed by atoms with Gasteiger partial charge >= 0.3 is 5.97 Å². The van der Waals surface area contributed by atoms with Crippen LogP contribution in [-0.4, -0.2) is 46.9 Å². The van der Waals surface area contributed by atoms with E-state index in [-0.39, 0.29) is 5.56 Å². The van der Waals surface area contributed by atoms with E-state index in [1.54, 1.807) is 11.4 Å². The quantitative estimate of drug-likeness (QED) is 0.840. The number of hydrogen-bond acceptors (Lipinski definition) is 5. The molecular formula is C14H15N5O2. The average molecular weight is 285 g/mol. The molecule has 7 heteroatoms. The summed E-state index contributed by atoms with van der Waals surface area (Å²) in [4.78, 5) is 13.4. The molecule has 2 aromatic heterocycles. The Hall–Kier alpha value is -2.59. The standard InChI is InChI=1S/C14H15N5O2/c1-9-11(14(20)21)8-19-12(9)13(10(6-15)7-17-19)18-4-2-16-3-5-18/h7-8,16H,2-5H2,1H3,(H,20,21). The van der Waals surface area contributed by atoms with Crippen molar-refractivity contribution < 1.29 is 9.90 Å². The summed E-state index contributed by atoms with van der Waals surface area (Å²) in [7, 11) is 0. The van der Waals surface area contributed by atoms with Crippen LogP contribution in [0.25, 0.3) is 5.52 Å². The van der Waals surface area contributed by atoms with E-state index in [4.69, 9.17) is 0 Å². The number of rotatable bonds is 2. The van der Waals surface area contributed by atoms with Crippen molar-refractivity contribution >= 4 is 17.2 Å². The summed E-state index contributed by atoms with van der Waals surface area (Å²) in [5.74, 6) is -0.984. The van der Waals surface area contributed by atoms with Crippen LogP contribution in [0.4, 0.5) is 5.69 Å². The number of fused-ring (bicyclic) bond motifs is 1. The second-order valence-corrected chi connectivity index (χ2v) is 5.02. The maximum atomic E-state index is 11.3. The largest absolute Gasteiger partial charge is 0.478 e. The van der Waals surface area contributed by atoms with Crippen molar-refractivity contribution in [3.05, 3.63) is 29.1 Å². The van der Waals surface area contributed by atoms with Gasteiger partial charge in [-0.1, -0.05) is 0 Å². The predicted molar refractivity (Wildman–Crippen MR) is 76.7 cm³/mol. The summed E-state index contributed by atoms with van der Waals surface area (Å²) in [6, 6.07) is 2.17. The van der Waals surface area contributed by atoms with Crippen LogP contribution < -0.4 is 10.2 Å². The third-order valence-electron chi connectivity index (χ3n) is 3.81. The molecule has 0 radical (unpaired) electrons. The summed E-state index contributed by atoms with van der Waals surface area (Å²) in [6.45, 7) is 4.99. The Bertz CT molecular complexity index is 753. The Labute approximate surface area is 121 Å². The number of carbonyl (C=O) groups is 1. The summed E-state index contributed by atoms with van der Waals surface area (Å²) in [5.41, 5.74) is 2.81. The first-order valence-electron chi connectivity index (χ1n) is 6.73. The van der Waals surface area contributed by atoms with E-state index in [9.17, 15) is 15.2 Å². The van der Waals surface area contributed by atoms with Gasteiger partial charge in [0.1, 0.15) is 6.07 Å². The lowest BCUT2D eigenvalue weighted by molar-refractivity contribution is 0.0696. The number of piperazine rings is 1. The topological polar surface area (TPSA) is 93.7 Å². The Balaban J connectivity index is 2.28. The van der Waals surface area contributed by atoms with Crippen LogP contribution in [0.3, 0.4) is 0 Å². The summed E-state index contributed by atoms with van der Waals surface area (Å²) in [5, 5.41) is 26.0. The predicted octanol–water partition coefficient (Wildman–Crippen LogP) is 0.622. The molecule has 1 saturated heterocycles. The first-order valence-corrected chi connectivity index (χ1v) is 6.73. The van der Waals surface area contributed by atoms with E-state index in [2.05, 4.69) is 21.4 Å². The molecule has 3 rings (SSSR count). The number of hydrogen-bond donors (Lipinski definition) is 2. The van der Waals surface area contributed by atoms with Gasteiger partial charge in [-0.3, -0.25) is 0 Å². The molecule has 2 N–H and O–H groups in total. The molecule has 0 atom stereocenters. The van der Waals surface area contributed by atoms with Gasteiger partial charge < -0.3 is 15.3 Å². The minimum absolute atomic E-state index is 0.217. The minimum Gasteiger partial charge on any atom is -0.478 e. The van der Waals surface area contributed by atoms with Gasteiger partial charge in [-0.15, -0.1) is 0 Å². The minimum atomic E-state index is -0.984. The van der Waals surface area contributed by atoms with Crippen molar-refractivity contribution in [1.29, 1.82) is 5.26 Å². The molecular weight excluding hydrogens is 270 g/mol. The number of anilines is 1. The molecule has 0 aliphatic carbocycles. The zero-order chi connectivity index (χ0) is 15.0. The van der Waals surface area contributed by atoms with Gasteiger partial charge in [0.05, 0.1) is 28.5 Å². The first-order chi connectivity index (χ1) is 10.1. The van der Waals surface area contributed by atoms with Crippen molar-refractivity contribution in [1.82, 2.24) is 14.9 Å². The lowest BCUT2D eigenvalue weighted by Crippen LogP contribution is -2.44. The fourth-order valence-corrected chi connectivity index (χ4v) is 2.77. The molecule has 0 unspecified atom stereocenters. The molecule has 3 heterocycles. The molecule has 0 bridgehead atoms. The van der Waals surface area contributed by atoms with Gasteiger partial charge in [0.2, 0.25) is 0 Å². The molecule has 2 aromatic rings. The molecule has 108 valence electrons. The van der Waals surface area contributed by atoms with Crippen molar-refractivity contribution in [3.63, 3.8) is 0 Å². The number of aromatic nitrogens is 2. The van der Waals surface area contributed by atoms with Crippen LogP contribution in [0.15, 0.2) is 12.4 Å². The SMILES string of the molecule is Cc1c(C(=O)O)cn2ncc(C#N)c(N3CCNCC3)c12. The van der Waals surface area contributed by atoms with E-state index in [1.165, 1.54) is 12.4 Å². The summed E-state index contributed by atoms with van der Waals surface area (Å²) < 4.78 is 1.55. The zero-order valence-corrected chi connectivity index (χ0v) is 11.6. The Morgan fingerprint density at radius 3 is 2.81 bits per heavy atom. The molecule has 1 aliphatic heterocycles. The van der Waals surface area contributed by atoms with Crippen molar-refractivity contribution in [2.75, 3.05) is 31.1 Å². The van der Waals surface area contributed by atoms with E-state index in [0.717, 1.165) is 31.9 Å². The number of nitrogens with zero attached hydrogens (tertiary/aromatic N) is 4. The number of aryl methyl sites for hydroxylation is 1. The van der Waals surface area contributed by atoms with E-state index in [1.807, 2.05) is 0 Å². The van der Waals surface area contributed by atoms with Crippen LogP contribution in [0.1, 0.15) is 21.5 Å². The van der Waals surface area contributed by atoms with E-state index < -0.39 is 5.97 Å². The molecule has 7 nitrogen and oxygen atoms in total. The molecule has 21 heavy (non-hydrogen) atoms. The third kappa shape index (κ3) is 2.10. The number of aromatic carboxylic acids is 1. The van der Waals surface area contributed by atoms with Crippen LogP contribution in [0.2, 0.25) is 0 Å². The van der Waals surface area contributed by atoms with Gasteiger partial charge in [-0.25, -0.2) is 9.31 Å². The van der Waals surface area contributed by atoms with E-state index >= 15 is 0 Å². The lowest BCUT2D eigenvalue weighted by Gasteiger charge is -2.30. The molecule has 1 aliphatic rings. The fraction of sp³-hybridized carbons (Fsp3) is 0.357. The molecule has 0 saturated carbocycles. The van der Waals surface area contributed by atoms with Gasteiger partial charge in [0.25, 0.3) is 0 Å². The maximum absolute atomic E-state index is 11.3. The summed E-state index contributed by atoms with van der Waals surface area (Å²) >= 11 is 0. The Morgan fingerprint density at radius 1 is 1.48 bits per heavy atom. The highest BCUT2D eigenvalue weighted by Gasteiger charge is 2.23. The van der Waals surface area contributed by atoms with Crippen molar-refractivity contribution in [2.24, 2.45) is 0 Å². The van der Waals surface area contributed by atoms with Gasteiger partial charge in [0.15, 0.2) is 0 Å². The van der Waals surface area contributed by atoms with Gasteiger partial charge in [-0.2, -0.15) is 10.4 Å². The molecule has 1 fully saturated rings. The van der Waals surface area contributed by atoms with Crippen molar-refractivity contribution in [3.8, 4) is 6.07 Å². The Morgan fingerprint density at radius 2 is 2.19 bits per heavy atom. The van der Waals surface area contributed by atoms with Crippen LogP contribution in [0.5, 0.6) is 0 Å². The number of nitriles is 1. The highest BCUT2D eigenvalue weighted by molar-refractivity contribution is 5.95. The normalized spacial score (nSPS) is 15.1.